The fraction of sp³-hybridized carbons (Fsp3) is 0.294. The Kier molecular flexibility index (Phi) is 5.11. The van der Waals surface area contributed by atoms with E-state index < -0.39 is 18.1 Å². The van der Waals surface area contributed by atoms with Gasteiger partial charge in [-0.05, 0) is 31.9 Å². The van der Waals surface area contributed by atoms with E-state index in [0.29, 0.717) is 16.3 Å². The minimum atomic E-state index is -4.64. The quantitative estimate of drug-likeness (QED) is 0.624. The zero-order valence-electron chi connectivity index (χ0n) is 15.1. The second-order valence-electron chi connectivity index (χ2n) is 6.09. The summed E-state index contributed by atoms with van der Waals surface area (Å²) in [6.07, 6.45) is -5.36. The summed E-state index contributed by atoms with van der Waals surface area (Å²) in [5.74, 6) is -1.23. The minimum Gasteiger partial charge on any atom is -0.443 e. The van der Waals surface area contributed by atoms with Crippen LogP contribution in [-0.2, 0) is 10.9 Å². The van der Waals surface area contributed by atoms with Crippen LogP contribution in [0.15, 0.2) is 18.2 Å². The molecule has 3 aromatic rings. The monoisotopic (exact) mass is 411 g/mol. The molecule has 0 saturated carbocycles. The van der Waals surface area contributed by atoms with Crippen LogP contribution >= 0.6 is 11.3 Å². The van der Waals surface area contributed by atoms with Crippen LogP contribution in [0.1, 0.15) is 27.5 Å². The Hall–Kier alpha value is -2.95. The number of thiazole rings is 1. The molecule has 0 aliphatic carbocycles. The number of carbonyl (C=O) groups is 1. The third kappa shape index (κ3) is 3.84. The van der Waals surface area contributed by atoms with E-state index in [0.717, 1.165) is 27.0 Å². The van der Waals surface area contributed by atoms with Crippen molar-refractivity contribution in [3.8, 4) is 0 Å². The number of aryl methyl sites for hydroxylation is 3. The van der Waals surface area contributed by atoms with E-state index in [2.05, 4.69) is 15.4 Å². The van der Waals surface area contributed by atoms with Gasteiger partial charge in [0.2, 0.25) is 4.96 Å². The molecule has 2 aromatic heterocycles. The SMILES string of the molecule is Cc1cccc(C)c1NC(=O)OCC(=N)c1sc2nc(C(F)(F)F)nn2c1C. The number of halogens is 3. The van der Waals surface area contributed by atoms with E-state index in [1.165, 1.54) is 6.92 Å². The molecule has 1 aromatic carbocycles. The highest BCUT2D eigenvalue weighted by atomic mass is 32.1. The maximum absolute atomic E-state index is 12.7. The zero-order chi connectivity index (χ0) is 20.6. The summed E-state index contributed by atoms with van der Waals surface area (Å²) in [6.45, 7) is 4.88. The molecule has 2 heterocycles. The number of fused-ring (bicyclic) bond motifs is 1. The highest BCUT2D eigenvalue weighted by molar-refractivity contribution is 7.19. The van der Waals surface area contributed by atoms with Gasteiger partial charge in [0.1, 0.15) is 6.61 Å². The molecule has 1 amide bonds. The topological polar surface area (TPSA) is 92.4 Å². The summed E-state index contributed by atoms with van der Waals surface area (Å²) < 4.78 is 44.2. The van der Waals surface area contributed by atoms with Crippen molar-refractivity contribution in [1.82, 2.24) is 14.6 Å². The molecule has 2 N–H and O–H groups in total. The molecule has 7 nitrogen and oxygen atoms in total. The van der Waals surface area contributed by atoms with Crippen LogP contribution in [0.4, 0.5) is 23.7 Å². The van der Waals surface area contributed by atoms with Gasteiger partial charge in [-0.1, -0.05) is 29.5 Å². The number of ether oxygens (including phenoxy) is 1. The molecule has 0 bridgehead atoms. The lowest BCUT2D eigenvalue weighted by molar-refractivity contribution is -0.144. The van der Waals surface area contributed by atoms with Crippen molar-refractivity contribution in [2.24, 2.45) is 0 Å². The van der Waals surface area contributed by atoms with E-state index in [9.17, 15) is 18.0 Å². The van der Waals surface area contributed by atoms with Gasteiger partial charge in [-0.25, -0.2) is 9.31 Å². The van der Waals surface area contributed by atoms with Crippen molar-refractivity contribution < 1.29 is 22.7 Å². The Labute approximate surface area is 161 Å². The molecule has 28 heavy (non-hydrogen) atoms. The number of para-hydroxylation sites is 1. The van der Waals surface area contributed by atoms with Crippen LogP contribution < -0.4 is 5.32 Å². The summed E-state index contributed by atoms with van der Waals surface area (Å²) in [6, 6.07) is 5.56. The summed E-state index contributed by atoms with van der Waals surface area (Å²) >= 11 is 0.883. The fourth-order valence-electron chi connectivity index (χ4n) is 2.60. The van der Waals surface area contributed by atoms with Gasteiger partial charge in [0.05, 0.1) is 16.3 Å². The summed E-state index contributed by atoms with van der Waals surface area (Å²) in [4.78, 5) is 15.8. The van der Waals surface area contributed by atoms with Crippen LogP contribution in [0.5, 0.6) is 0 Å². The lowest BCUT2D eigenvalue weighted by Gasteiger charge is -2.12. The first-order valence-corrected chi connectivity index (χ1v) is 8.90. The number of alkyl halides is 3. The number of nitrogens with one attached hydrogen (secondary N) is 2. The van der Waals surface area contributed by atoms with Crippen LogP contribution in [0.2, 0.25) is 0 Å². The normalized spacial score (nSPS) is 11.6. The molecule has 0 aliphatic rings. The zero-order valence-corrected chi connectivity index (χ0v) is 16.0. The predicted octanol–water partition coefficient (Wildman–Crippen LogP) is 4.35. The van der Waals surface area contributed by atoms with E-state index in [1.807, 2.05) is 32.0 Å². The number of anilines is 1. The smallest absolute Gasteiger partial charge is 0.443 e. The van der Waals surface area contributed by atoms with Crippen molar-refractivity contribution in [3.63, 3.8) is 0 Å². The molecule has 0 fully saturated rings. The highest BCUT2D eigenvalue weighted by Crippen LogP contribution is 2.30. The Bertz CT molecular complexity index is 1050. The average molecular weight is 411 g/mol. The Morgan fingerprint density at radius 1 is 1.29 bits per heavy atom. The largest absolute Gasteiger partial charge is 0.453 e. The third-order valence-corrected chi connectivity index (χ3v) is 5.19. The van der Waals surface area contributed by atoms with Gasteiger partial charge in [-0.15, -0.1) is 5.10 Å². The van der Waals surface area contributed by atoms with Gasteiger partial charge >= 0.3 is 12.3 Å². The van der Waals surface area contributed by atoms with Crippen molar-refractivity contribution >= 4 is 33.8 Å². The molecule has 148 valence electrons. The van der Waals surface area contributed by atoms with E-state index in [1.54, 1.807) is 0 Å². The molecular weight excluding hydrogens is 395 g/mol. The van der Waals surface area contributed by atoms with Gasteiger partial charge in [-0.3, -0.25) is 5.32 Å². The van der Waals surface area contributed by atoms with E-state index in [-0.39, 0.29) is 17.3 Å². The summed E-state index contributed by atoms with van der Waals surface area (Å²) in [5.41, 5.74) is 2.64. The van der Waals surface area contributed by atoms with Crippen molar-refractivity contribution in [3.05, 3.63) is 45.7 Å². The number of aromatic nitrogens is 3. The first kappa shape index (κ1) is 19.8. The second kappa shape index (κ2) is 7.23. The van der Waals surface area contributed by atoms with Gasteiger partial charge in [0, 0.05) is 5.69 Å². The van der Waals surface area contributed by atoms with Crippen molar-refractivity contribution in [2.45, 2.75) is 26.9 Å². The molecule has 0 saturated heterocycles. The Morgan fingerprint density at radius 3 is 2.50 bits per heavy atom. The average Bonchev–Trinajstić information content (AvgIpc) is 3.16. The molecule has 3 rings (SSSR count). The van der Waals surface area contributed by atoms with Crippen molar-refractivity contribution in [2.75, 3.05) is 11.9 Å². The highest BCUT2D eigenvalue weighted by Gasteiger charge is 2.37. The number of benzene rings is 1. The standard InChI is InChI=1S/C17H16F3N5O2S/c1-8-5-4-6-9(2)12(8)22-16(26)27-7-11(21)13-10(3)25-15(28-13)23-14(24-25)17(18,19)20/h4-6,21H,7H2,1-3H3,(H,22,26). The van der Waals surface area contributed by atoms with Crippen LogP contribution in [0, 0.1) is 26.2 Å². The molecule has 0 aliphatic heterocycles. The maximum Gasteiger partial charge on any atom is 0.453 e. The fourth-order valence-corrected chi connectivity index (χ4v) is 3.59. The van der Waals surface area contributed by atoms with Crippen LogP contribution in [0.25, 0.3) is 4.96 Å². The van der Waals surface area contributed by atoms with E-state index in [4.69, 9.17) is 10.1 Å². The number of carbonyl (C=O) groups excluding carboxylic acids is 1. The lowest BCUT2D eigenvalue weighted by atomic mass is 10.1. The van der Waals surface area contributed by atoms with Gasteiger partial charge < -0.3 is 10.1 Å². The first-order chi connectivity index (χ1) is 13.1. The molecular formula is C17H16F3N5O2S. The maximum atomic E-state index is 12.7. The minimum absolute atomic E-state index is 0.0181. The molecule has 11 heteroatoms. The second-order valence-corrected chi connectivity index (χ2v) is 7.07. The van der Waals surface area contributed by atoms with E-state index >= 15 is 0 Å². The number of hydrogen-bond donors (Lipinski definition) is 2. The first-order valence-electron chi connectivity index (χ1n) is 8.09. The van der Waals surface area contributed by atoms with Crippen LogP contribution in [-0.4, -0.2) is 33.0 Å². The Morgan fingerprint density at radius 2 is 1.93 bits per heavy atom. The summed E-state index contributed by atoms with van der Waals surface area (Å²) in [7, 11) is 0. The number of amides is 1. The lowest BCUT2D eigenvalue weighted by Crippen LogP contribution is -2.20. The van der Waals surface area contributed by atoms with Gasteiger partial charge in [0.25, 0.3) is 5.82 Å². The molecule has 0 atom stereocenters. The number of nitrogens with zero attached hydrogens (tertiary/aromatic N) is 3. The number of rotatable bonds is 4. The Balaban J connectivity index is 1.69. The van der Waals surface area contributed by atoms with Crippen molar-refractivity contribution in [1.29, 1.82) is 5.41 Å². The van der Waals surface area contributed by atoms with Gasteiger partial charge in [0.15, 0.2) is 0 Å². The molecule has 0 spiro atoms. The van der Waals surface area contributed by atoms with Gasteiger partial charge in [-0.2, -0.15) is 18.2 Å². The summed E-state index contributed by atoms with van der Waals surface area (Å²) in [5, 5.41) is 14.2. The molecule has 0 radical (unpaired) electrons. The molecule has 0 unspecified atom stereocenters. The van der Waals surface area contributed by atoms with Crippen LogP contribution in [0.3, 0.4) is 0 Å². The predicted molar refractivity (Wildman–Crippen MR) is 98.3 cm³/mol. The third-order valence-electron chi connectivity index (χ3n) is 4.00. The number of hydrogen-bond acceptors (Lipinski definition) is 6.